The summed E-state index contributed by atoms with van der Waals surface area (Å²) in [5.74, 6) is -5.20. The standard InChI is InChI=1S/C29H23FN4O7/c30-18-12-10-16(11-13-18)14-31-27(38)21-24(36)28(39)33-26(32-21)22-25(37)23(35)19-8-4-5-9-20(19)34(22)29(40)41-15-17-6-2-1-3-7-17/h1-13,22,35-37H,14-15H2,(H,31,38)(H,32,33,39). The predicted molar refractivity (Wildman–Crippen MR) is 143 cm³/mol. The summed E-state index contributed by atoms with van der Waals surface area (Å²) >= 11 is 0. The van der Waals surface area contributed by atoms with Gasteiger partial charge in [-0.2, -0.15) is 4.98 Å². The van der Waals surface area contributed by atoms with E-state index in [-0.39, 0.29) is 24.4 Å². The summed E-state index contributed by atoms with van der Waals surface area (Å²) < 4.78 is 18.7. The van der Waals surface area contributed by atoms with Crippen molar-refractivity contribution in [1.82, 2.24) is 15.3 Å². The highest BCUT2D eigenvalue weighted by Crippen LogP contribution is 2.43. The van der Waals surface area contributed by atoms with E-state index in [2.05, 4.69) is 15.3 Å². The zero-order chi connectivity index (χ0) is 29.1. The van der Waals surface area contributed by atoms with Crippen molar-refractivity contribution in [3.63, 3.8) is 0 Å². The van der Waals surface area contributed by atoms with E-state index in [1.165, 1.54) is 36.4 Å². The van der Waals surface area contributed by atoms with Gasteiger partial charge in [0.15, 0.2) is 29.1 Å². The van der Waals surface area contributed by atoms with Crippen LogP contribution in [0.2, 0.25) is 0 Å². The first-order chi connectivity index (χ1) is 19.7. The number of rotatable bonds is 6. The molecule has 1 aliphatic rings. The lowest BCUT2D eigenvalue weighted by molar-refractivity contribution is 0.0941. The number of aliphatic hydroxyl groups excluding tert-OH is 2. The van der Waals surface area contributed by atoms with Crippen molar-refractivity contribution in [2.24, 2.45) is 0 Å². The maximum Gasteiger partial charge on any atom is 0.415 e. The fourth-order valence-electron chi connectivity index (χ4n) is 4.25. The van der Waals surface area contributed by atoms with Gasteiger partial charge in [-0.05, 0) is 35.4 Å². The highest BCUT2D eigenvalue weighted by atomic mass is 19.1. The molecule has 1 aromatic heterocycles. The molecule has 11 nitrogen and oxygen atoms in total. The van der Waals surface area contributed by atoms with Crippen LogP contribution >= 0.6 is 0 Å². The van der Waals surface area contributed by atoms with E-state index < -0.39 is 58.5 Å². The molecule has 0 bridgehead atoms. The first-order valence-electron chi connectivity index (χ1n) is 12.3. The Balaban J connectivity index is 1.51. The molecule has 0 radical (unpaired) electrons. The van der Waals surface area contributed by atoms with E-state index in [4.69, 9.17) is 4.74 Å². The Morgan fingerprint density at radius 2 is 1.56 bits per heavy atom. The van der Waals surface area contributed by atoms with Crippen molar-refractivity contribution in [3.8, 4) is 11.6 Å². The third-order valence-electron chi connectivity index (χ3n) is 6.29. The highest BCUT2D eigenvalue weighted by Gasteiger charge is 2.42. The van der Waals surface area contributed by atoms with Gasteiger partial charge in [-0.25, -0.2) is 14.2 Å². The zero-order valence-electron chi connectivity index (χ0n) is 21.2. The number of aromatic nitrogens is 2. The number of nitrogens with zero attached hydrogens (tertiary/aromatic N) is 3. The van der Waals surface area contributed by atoms with Crippen LogP contribution in [-0.4, -0.2) is 42.4 Å². The molecule has 12 heteroatoms. The Bertz CT molecular complexity index is 1650. The van der Waals surface area contributed by atoms with E-state index in [9.17, 15) is 34.4 Å². The second-order valence-corrected chi connectivity index (χ2v) is 8.98. The molecule has 208 valence electrons. The van der Waals surface area contributed by atoms with E-state index >= 15 is 0 Å². The van der Waals surface area contributed by atoms with Crippen LogP contribution < -0.4 is 10.2 Å². The number of carbonyl (C=O) groups excluding carboxylic acids is 2. The summed E-state index contributed by atoms with van der Waals surface area (Å²) in [6, 6.07) is 18.6. The van der Waals surface area contributed by atoms with Crippen LogP contribution in [0.5, 0.6) is 11.6 Å². The molecule has 2 amide bonds. The number of anilines is 1. The molecule has 2 heterocycles. The molecule has 1 aliphatic heterocycles. The molecule has 1 atom stereocenters. The number of amides is 2. The van der Waals surface area contributed by atoms with Crippen LogP contribution in [0.3, 0.4) is 0 Å². The lowest BCUT2D eigenvalue weighted by Gasteiger charge is -2.34. The van der Waals surface area contributed by atoms with Gasteiger partial charge in [0.25, 0.3) is 11.8 Å². The summed E-state index contributed by atoms with van der Waals surface area (Å²) in [6.07, 6.45) is -0.955. The second-order valence-electron chi connectivity index (χ2n) is 8.98. The van der Waals surface area contributed by atoms with Crippen LogP contribution in [0.4, 0.5) is 14.9 Å². The molecule has 5 rings (SSSR count). The Labute approximate surface area is 232 Å². The minimum Gasteiger partial charge on any atom is -0.506 e. The maximum absolute atomic E-state index is 13.4. The summed E-state index contributed by atoms with van der Waals surface area (Å²) in [7, 11) is 0. The number of benzene rings is 3. The van der Waals surface area contributed by atoms with Gasteiger partial charge in [0.2, 0.25) is 5.75 Å². The fraction of sp³-hybridized carbons (Fsp3) is 0.103. The Morgan fingerprint density at radius 1 is 0.878 bits per heavy atom. The normalized spacial score (nSPS) is 14.4. The third-order valence-corrected chi connectivity index (χ3v) is 6.29. The van der Waals surface area contributed by atoms with Crippen LogP contribution in [0.25, 0.3) is 5.76 Å². The second kappa shape index (κ2) is 11.2. The molecule has 41 heavy (non-hydrogen) atoms. The molecule has 0 spiro atoms. The van der Waals surface area contributed by atoms with Gasteiger partial charge in [-0.1, -0.05) is 54.6 Å². The first-order valence-corrected chi connectivity index (χ1v) is 12.3. The molecular formula is C29H23FN4O7. The number of aromatic hydroxyl groups is 2. The van der Waals surface area contributed by atoms with Crippen molar-refractivity contribution in [2.45, 2.75) is 19.2 Å². The summed E-state index contributed by atoms with van der Waals surface area (Å²) in [5, 5.41) is 45.1. The van der Waals surface area contributed by atoms with Gasteiger partial charge in [0.1, 0.15) is 12.4 Å². The number of hydrogen-bond acceptors (Lipinski definition) is 9. The lowest BCUT2D eigenvalue weighted by Crippen LogP contribution is -2.40. The number of hydrogen-bond donors (Lipinski definition) is 5. The Kier molecular flexibility index (Phi) is 7.37. The molecular weight excluding hydrogens is 535 g/mol. The van der Waals surface area contributed by atoms with Crippen LogP contribution in [0, 0.1) is 5.82 Å². The van der Waals surface area contributed by atoms with E-state index in [0.29, 0.717) is 11.1 Å². The van der Waals surface area contributed by atoms with Crippen LogP contribution in [0.15, 0.2) is 84.6 Å². The topological polar surface area (TPSA) is 165 Å². The number of fused-ring (bicyclic) bond motifs is 1. The van der Waals surface area contributed by atoms with Crippen molar-refractivity contribution in [2.75, 3.05) is 4.90 Å². The van der Waals surface area contributed by atoms with E-state index in [1.807, 2.05) is 0 Å². The predicted octanol–water partition coefficient (Wildman–Crippen LogP) is 4.64. The number of aliphatic hydroxyl groups is 2. The maximum atomic E-state index is 13.4. The van der Waals surface area contributed by atoms with Gasteiger partial charge < -0.3 is 30.5 Å². The van der Waals surface area contributed by atoms with Crippen molar-refractivity contribution in [1.29, 1.82) is 0 Å². The van der Waals surface area contributed by atoms with Gasteiger partial charge in [-0.3, -0.25) is 9.69 Å². The van der Waals surface area contributed by atoms with Crippen molar-refractivity contribution < 1.29 is 39.1 Å². The van der Waals surface area contributed by atoms with Gasteiger partial charge >= 0.3 is 6.09 Å². The zero-order valence-corrected chi connectivity index (χ0v) is 21.2. The Morgan fingerprint density at radius 3 is 2.29 bits per heavy atom. The average molecular weight is 559 g/mol. The number of ether oxygens (including phenoxy) is 1. The molecule has 4 aromatic rings. The molecule has 0 saturated heterocycles. The quantitative estimate of drug-likeness (QED) is 0.227. The number of nitrogens with one attached hydrogen (secondary N) is 1. The summed E-state index contributed by atoms with van der Waals surface area (Å²) in [4.78, 5) is 35.2. The van der Waals surface area contributed by atoms with Crippen LogP contribution in [0.1, 0.15) is 39.0 Å². The van der Waals surface area contributed by atoms with Gasteiger partial charge in [0, 0.05) is 12.1 Å². The minimum atomic E-state index is -1.65. The monoisotopic (exact) mass is 558 g/mol. The van der Waals surface area contributed by atoms with E-state index in [1.54, 1.807) is 42.5 Å². The lowest BCUT2D eigenvalue weighted by atomic mass is 9.99. The van der Waals surface area contributed by atoms with Gasteiger partial charge in [0.05, 0.1) is 5.69 Å². The van der Waals surface area contributed by atoms with Crippen molar-refractivity contribution >= 4 is 23.4 Å². The summed E-state index contributed by atoms with van der Waals surface area (Å²) in [5.41, 5.74) is 0.796. The molecule has 0 saturated carbocycles. The third kappa shape index (κ3) is 5.43. The molecule has 0 fully saturated rings. The average Bonchev–Trinajstić information content (AvgIpc) is 2.99. The van der Waals surface area contributed by atoms with E-state index in [0.717, 1.165) is 4.90 Å². The summed E-state index contributed by atoms with van der Waals surface area (Å²) in [6.45, 7) is -0.195. The number of carbonyl (C=O) groups is 2. The van der Waals surface area contributed by atoms with Gasteiger partial charge in [-0.15, -0.1) is 0 Å². The molecule has 0 aliphatic carbocycles. The molecule has 5 N–H and O–H groups in total. The minimum absolute atomic E-state index is 0.0701. The fourth-order valence-corrected chi connectivity index (χ4v) is 4.25. The first kappa shape index (κ1) is 26.9. The largest absolute Gasteiger partial charge is 0.506 e. The van der Waals surface area contributed by atoms with Crippen LogP contribution in [-0.2, 0) is 17.9 Å². The van der Waals surface area contributed by atoms with Crippen molar-refractivity contribution in [3.05, 3.63) is 119 Å². The number of halogens is 1. The molecule has 1 unspecified atom stereocenters. The highest BCUT2D eigenvalue weighted by molar-refractivity contribution is 5.97. The molecule has 3 aromatic carbocycles. The SMILES string of the molecule is O=C(NCc1ccc(F)cc1)c1nc(C2C(O)=C(O)c3ccccc3N2C(=O)OCc2ccccc2)nc(O)c1O. The Hall–Kier alpha value is -5.65. The number of para-hydroxylation sites is 1. The smallest absolute Gasteiger partial charge is 0.415 e.